The Morgan fingerprint density at radius 2 is 2.40 bits per heavy atom. The van der Waals surface area contributed by atoms with E-state index in [-0.39, 0.29) is 11.9 Å². The number of hydrogen-bond donors (Lipinski definition) is 0. The minimum absolute atomic E-state index is 0.0819. The third-order valence-corrected chi connectivity index (χ3v) is 2.27. The number of hydrogen-bond acceptors (Lipinski definition) is 3. The highest BCUT2D eigenvalue weighted by molar-refractivity contribution is 5.74. The van der Waals surface area contributed by atoms with Gasteiger partial charge in [-0.2, -0.15) is 0 Å². The molecule has 2 rings (SSSR count). The zero-order chi connectivity index (χ0) is 10.7. The molecule has 1 fully saturated rings. The fourth-order valence-electron chi connectivity index (χ4n) is 1.47. The van der Waals surface area contributed by atoms with Crippen LogP contribution in [0.15, 0.2) is 18.2 Å². The zero-order valence-corrected chi connectivity index (χ0v) is 8.11. The molecule has 1 unspecified atom stereocenters. The van der Waals surface area contributed by atoms with Crippen LogP contribution in [0.2, 0.25) is 0 Å². The Kier molecular flexibility index (Phi) is 2.97. The van der Waals surface area contributed by atoms with Gasteiger partial charge in [-0.1, -0.05) is 0 Å². The molecule has 3 nitrogen and oxygen atoms in total. The van der Waals surface area contributed by atoms with Crippen molar-refractivity contribution in [2.45, 2.75) is 12.5 Å². The Hall–Kier alpha value is -1.42. The molecule has 1 aromatic carbocycles. The molecule has 0 bridgehead atoms. The van der Waals surface area contributed by atoms with Crippen molar-refractivity contribution in [3.05, 3.63) is 29.6 Å². The van der Waals surface area contributed by atoms with Gasteiger partial charge in [-0.3, -0.25) is 4.79 Å². The lowest BCUT2D eigenvalue weighted by atomic mass is 10.2. The smallest absolute Gasteiger partial charge is 0.165 e. The summed E-state index contributed by atoms with van der Waals surface area (Å²) in [4.78, 5) is 10.4. The Labute approximate surface area is 86.8 Å². The number of halogens is 1. The van der Waals surface area contributed by atoms with E-state index in [1.807, 2.05) is 0 Å². The molecule has 1 aliphatic rings. The summed E-state index contributed by atoms with van der Waals surface area (Å²) in [5.41, 5.74) is 0.308. The second kappa shape index (κ2) is 4.40. The van der Waals surface area contributed by atoms with Gasteiger partial charge in [0.1, 0.15) is 12.4 Å². The number of aldehydes is 1. The average molecular weight is 210 g/mol. The lowest BCUT2D eigenvalue weighted by Crippen LogP contribution is -2.16. The molecule has 1 aliphatic heterocycles. The van der Waals surface area contributed by atoms with Gasteiger partial charge in [0.15, 0.2) is 11.6 Å². The van der Waals surface area contributed by atoms with Crippen LogP contribution in [-0.2, 0) is 4.74 Å². The van der Waals surface area contributed by atoms with Gasteiger partial charge in [-0.25, -0.2) is 4.39 Å². The molecule has 0 N–H and O–H groups in total. The predicted molar refractivity (Wildman–Crippen MR) is 51.6 cm³/mol. The second-order valence-electron chi connectivity index (χ2n) is 3.41. The Morgan fingerprint density at radius 3 is 3.00 bits per heavy atom. The molecule has 1 aromatic rings. The van der Waals surface area contributed by atoms with Gasteiger partial charge in [-0.05, 0) is 18.2 Å². The first-order valence-electron chi connectivity index (χ1n) is 4.79. The summed E-state index contributed by atoms with van der Waals surface area (Å²) >= 11 is 0. The van der Waals surface area contributed by atoms with Gasteiger partial charge in [0.2, 0.25) is 0 Å². The molecular weight excluding hydrogens is 199 g/mol. The largest absolute Gasteiger partial charge is 0.485 e. The predicted octanol–water partition coefficient (Wildman–Crippen LogP) is 1.81. The normalized spacial score (nSPS) is 20.2. The minimum Gasteiger partial charge on any atom is -0.485 e. The van der Waals surface area contributed by atoms with E-state index in [4.69, 9.17) is 9.47 Å². The molecule has 0 spiro atoms. The maximum Gasteiger partial charge on any atom is 0.165 e. The molecule has 0 amide bonds. The highest BCUT2D eigenvalue weighted by atomic mass is 19.1. The van der Waals surface area contributed by atoms with Crippen molar-refractivity contribution in [3.63, 3.8) is 0 Å². The number of ether oxygens (including phenoxy) is 2. The molecular formula is C11H11FO3. The van der Waals surface area contributed by atoms with Crippen LogP contribution < -0.4 is 4.74 Å². The van der Waals surface area contributed by atoms with Gasteiger partial charge in [0.05, 0.1) is 13.2 Å². The van der Waals surface area contributed by atoms with E-state index in [2.05, 4.69) is 0 Å². The van der Waals surface area contributed by atoms with Crippen molar-refractivity contribution in [1.82, 2.24) is 0 Å². The van der Waals surface area contributed by atoms with Crippen LogP contribution in [0.1, 0.15) is 16.8 Å². The van der Waals surface area contributed by atoms with E-state index in [0.717, 1.165) is 12.5 Å². The molecule has 1 atom stereocenters. The van der Waals surface area contributed by atoms with Crippen LogP contribution in [0.4, 0.5) is 4.39 Å². The van der Waals surface area contributed by atoms with Crippen LogP contribution >= 0.6 is 0 Å². The third kappa shape index (κ3) is 2.33. The van der Waals surface area contributed by atoms with E-state index in [1.165, 1.54) is 12.1 Å². The fraction of sp³-hybridized carbons (Fsp3) is 0.364. The summed E-state index contributed by atoms with van der Waals surface area (Å²) < 4.78 is 23.9. The fourth-order valence-corrected chi connectivity index (χ4v) is 1.47. The van der Waals surface area contributed by atoms with Crippen molar-refractivity contribution in [1.29, 1.82) is 0 Å². The van der Waals surface area contributed by atoms with Crippen LogP contribution in [0.5, 0.6) is 5.75 Å². The minimum atomic E-state index is -0.508. The van der Waals surface area contributed by atoms with Crippen molar-refractivity contribution in [3.8, 4) is 5.75 Å². The Morgan fingerprint density at radius 1 is 1.53 bits per heavy atom. The summed E-state index contributed by atoms with van der Waals surface area (Å²) in [6.45, 7) is 1.15. The van der Waals surface area contributed by atoms with E-state index >= 15 is 0 Å². The lowest BCUT2D eigenvalue weighted by Gasteiger charge is -2.12. The molecule has 1 saturated heterocycles. The Bertz CT molecular complexity index is 359. The van der Waals surface area contributed by atoms with Crippen molar-refractivity contribution >= 4 is 6.29 Å². The molecule has 4 heteroatoms. The topological polar surface area (TPSA) is 35.5 Å². The quantitative estimate of drug-likeness (QED) is 0.714. The first-order valence-corrected chi connectivity index (χ1v) is 4.79. The molecule has 0 aromatic heterocycles. The highest BCUT2D eigenvalue weighted by Gasteiger charge is 2.18. The molecule has 80 valence electrons. The van der Waals surface area contributed by atoms with Crippen molar-refractivity contribution in [2.24, 2.45) is 0 Å². The van der Waals surface area contributed by atoms with E-state index in [1.54, 1.807) is 0 Å². The summed E-state index contributed by atoms with van der Waals surface area (Å²) in [5.74, 6) is -0.331. The van der Waals surface area contributed by atoms with Crippen molar-refractivity contribution < 1.29 is 18.7 Å². The first kappa shape index (κ1) is 10.1. The first-order chi connectivity index (χ1) is 7.29. The van der Waals surface area contributed by atoms with E-state index in [9.17, 15) is 9.18 Å². The summed E-state index contributed by atoms with van der Waals surface area (Å²) in [5, 5.41) is 0. The van der Waals surface area contributed by atoms with Gasteiger partial charge in [0, 0.05) is 12.0 Å². The van der Waals surface area contributed by atoms with E-state index < -0.39 is 5.82 Å². The summed E-state index contributed by atoms with van der Waals surface area (Å²) in [7, 11) is 0. The van der Waals surface area contributed by atoms with Crippen LogP contribution in [0, 0.1) is 5.82 Å². The molecule has 0 radical (unpaired) electrons. The monoisotopic (exact) mass is 210 g/mol. The second-order valence-corrected chi connectivity index (χ2v) is 3.41. The maximum atomic E-state index is 13.4. The van der Waals surface area contributed by atoms with Gasteiger partial charge in [-0.15, -0.1) is 0 Å². The van der Waals surface area contributed by atoms with E-state index in [0.29, 0.717) is 25.1 Å². The number of rotatable bonds is 3. The molecule has 1 heterocycles. The highest BCUT2D eigenvalue weighted by Crippen LogP contribution is 2.21. The number of carbonyl (C=O) groups excluding carboxylic acids is 1. The summed E-state index contributed by atoms with van der Waals surface area (Å²) in [6, 6.07) is 4.16. The number of benzene rings is 1. The SMILES string of the molecule is O=Cc1ccc(OC2CCOC2)c(F)c1. The number of carbonyl (C=O) groups is 1. The van der Waals surface area contributed by atoms with Gasteiger partial charge < -0.3 is 9.47 Å². The average Bonchev–Trinajstić information content (AvgIpc) is 2.74. The molecule has 15 heavy (non-hydrogen) atoms. The van der Waals surface area contributed by atoms with Crippen LogP contribution in [0.25, 0.3) is 0 Å². The van der Waals surface area contributed by atoms with Gasteiger partial charge in [0.25, 0.3) is 0 Å². The lowest BCUT2D eigenvalue weighted by molar-refractivity contribution is 0.112. The third-order valence-electron chi connectivity index (χ3n) is 2.27. The van der Waals surface area contributed by atoms with Crippen LogP contribution in [-0.4, -0.2) is 25.6 Å². The van der Waals surface area contributed by atoms with Crippen LogP contribution in [0.3, 0.4) is 0 Å². The molecule has 0 aliphatic carbocycles. The Balaban J connectivity index is 2.10. The zero-order valence-electron chi connectivity index (χ0n) is 8.11. The summed E-state index contributed by atoms with van der Waals surface area (Å²) in [6.07, 6.45) is 1.29. The maximum absolute atomic E-state index is 13.4. The van der Waals surface area contributed by atoms with Crippen molar-refractivity contribution in [2.75, 3.05) is 13.2 Å². The van der Waals surface area contributed by atoms with Gasteiger partial charge >= 0.3 is 0 Å². The molecule has 0 saturated carbocycles. The standard InChI is InChI=1S/C11H11FO3/c12-10-5-8(6-13)1-2-11(10)15-9-3-4-14-7-9/h1-2,5-6,9H,3-4,7H2.